The second kappa shape index (κ2) is 6.60. The smallest absolute Gasteiger partial charge is 0.231 e. The summed E-state index contributed by atoms with van der Waals surface area (Å²) < 4.78 is 10.5. The van der Waals surface area contributed by atoms with Gasteiger partial charge in [-0.05, 0) is 24.0 Å². The van der Waals surface area contributed by atoms with Crippen LogP contribution in [0.2, 0.25) is 0 Å². The fourth-order valence-corrected chi connectivity index (χ4v) is 2.48. The van der Waals surface area contributed by atoms with Crippen LogP contribution in [0.15, 0.2) is 36.4 Å². The Morgan fingerprint density at radius 1 is 1.13 bits per heavy atom. The Hall–Kier alpha value is -2.69. The molecule has 0 saturated carbocycles. The lowest BCUT2D eigenvalue weighted by atomic mass is 10.1. The molecule has 0 saturated heterocycles. The summed E-state index contributed by atoms with van der Waals surface area (Å²) in [5.41, 5.74) is 9.40. The van der Waals surface area contributed by atoms with Crippen LogP contribution < -0.4 is 20.5 Å². The van der Waals surface area contributed by atoms with Crippen LogP contribution in [0.25, 0.3) is 0 Å². The molecule has 0 aliphatic carbocycles. The van der Waals surface area contributed by atoms with Crippen LogP contribution in [0.1, 0.15) is 24.5 Å². The summed E-state index contributed by atoms with van der Waals surface area (Å²) in [5, 5.41) is 2.83. The molecule has 0 unspecified atom stereocenters. The number of nitrogens with two attached hydrogens (primary N) is 1. The number of ether oxygens (including phenoxy) is 2. The van der Waals surface area contributed by atoms with E-state index in [2.05, 4.69) is 36.5 Å². The van der Waals surface area contributed by atoms with E-state index in [9.17, 15) is 4.79 Å². The van der Waals surface area contributed by atoms with E-state index < -0.39 is 0 Å². The van der Waals surface area contributed by atoms with Crippen molar-refractivity contribution in [3.05, 3.63) is 47.5 Å². The molecule has 3 rings (SSSR count). The molecule has 2 aromatic carbocycles. The van der Waals surface area contributed by atoms with Crippen LogP contribution in [0.5, 0.6) is 11.5 Å². The van der Waals surface area contributed by atoms with Crippen LogP contribution in [0.4, 0.5) is 11.4 Å². The van der Waals surface area contributed by atoms with E-state index >= 15 is 0 Å². The first-order valence-electron chi connectivity index (χ1n) is 7.72. The molecule has 1 amide bonds. The molecule has 1 heterocycles. The Morgan fingerprint density at radius 2 is 1.78 bits per heavy atom. The highest BCUT2D eigenvalue weighted by Gasteiger charge is 2.17. The van der Waals surface area contributed by atoms with Gasteiger partial charge in [-0.25, -0.2) is 0 Å². The summed E-state index contributed by atoms with van der Waals surface area (Å²) in [6.07, 6.45) is 2.11. The van der Waals surface area contributed by atoms with Gasteiger partial charge in [-0.3, -0.25) is 4.79 Å². The first-order valence-corrected chi connectivity index (χ1v) is 7.72. The molecule has 5 heteroatoms. The Labute approximate surface area is 135 Å². The summed E-state index contributed by atoms with van der Waals surface area (Å²) in [4.78, 5) is 12.1. The van der Waals surface area contributed by atoms with Gasteiger partial charge in [0.05, 0.1) is 11.4 Å². The average molecular weight is 312 g/mol. The topological polar surface area (TPSA) is 73.6 Å². The highest BCUT2D eigenvalue weighted by molar-refractivity contribution is 5.94. The van der Waals surface area contributed by atoms with Crippen molar-refractivity contribution >= 4 is 17.3 Å². The largest absolute Gasteiger partial charge is 0.454 e. The zero-order valence-electron chi connectivity index (χ0n) is 13.1. The zero-order valence-corrected chi connectivity index (χ0v) is 13.1. The van der Waals surface area contributed by atoms with Crippen molar-refractivity contribution in [3.8, 4) is 11.5 Å². The molecule has 2 aromatic rings. The molecule has 0 aromatic heterocycles. The minimum atomic E-state index is -0.0740. The maximum Gasteiger partial charge on any atom is 0.231 e. The molecule has 0 radical (unpaired) electrons. The lowest BCUT2D eigenvalue weighted by Gasteiger charge is -2.09. The van der Waals surface area contributed by atoms with E-state index in [1.807, 2.05) is 0 Å². The van der Waals surface area contributed by atoms with Gasteiger partial charge in [0, 0.05) is 18.6 Å². The standard InChI is InChI=1S/C18H20N2O3/c1-2-12-3-5-13(6-4-12)7-8-18(21)20-15-10-17-16(9-14(15)19)22-11-23-17/h3-6,9-10H,2,7-8,11,19H2,1H3,(H,20,21). The van der Waals surface area contributed by atoms with E-state index in [4.69, 9.17) is 15.2 Å². The fourth-order valence-electron chi connectivity index (χ4n) is 2.48. The van der Waals surface area contributed by atoms with Gasteiger partial charge < -0.3 is 20.5 Å². The predicted molar refractivity (Wildman–Crippen MR) is 89.7 cm³/mol. The summed E-state index contributed by atoms with van der Waals surface area (Å²) in [6.45, 7) is 2.30. The quantitative estimate of drug-likeness (QED) is 0.832. The summed E-state index contributed by atoms with van der Waals surface area (Å²) in [7, 11) is 0. The molecular weight excluding hydrogens is 292 g/mol. The van der Waals surface area contributed by atoms with Gasteiger partial charge in [0.25, 0.3) is 0 Å². The second-order valence-electron chi connectivity index (χ2n) is 5.51. The van der Waals surface area contributed by atoms with E-state index in [0.29, 0.717) is 35.7 Å². The Kier molecular flexibility index (Phi) is 4.37. The van der Waals surface area contributed by atoms with Crippen molar-refractivity contribution in [2.45, 2.75) is 26.2 Å². The lowest BCUT2D eigenvalue weighted by Crippen LogP contribution is -2.13. The van der Waals surface area contributed by atoms with Crippen LogP contribution in [-0.4, -0.2) is 12.7 Å². The van der Waals surface area contributed by atoms with Crippen molar-refractivity contribution in [1.82, 2.24) is 0 Å². The van der Waals surface area contributed by atoms with Gasteiger partial charge >= 0.3 is 0 Å². The number of carbonyl (C=O) groups excluding carboxylic acids is 1. The normalized spacial score (nSPS) is 12.2. The molecule has 0 atom stereocenters. The van der Waals surface area contributed by atoms with E-state index in [1.54, 1.807) is 12.1 Å². The number of anilines is 2. The molecule has 0 fully saturated rings. The minimum absolute atomic E-state index is 0.0740. The molecule has 120 valence electrons. The lowest BCUT2D eigenvalue weighted by molar-refractivity contribution is -0.116. The molecule has 5 nitrogen and oxygen atoms in total. The first kappa shape index (κ1) is 15.2. The van der Waals surface area contributed by atoms with Gasteiger partial charge in [-0.2, -0.15) is 0 Å². The molecule has 0 bridgehead atoms. The molecule has 1 aliphatic rings. The third kappa shape index (κ3) is 3.56. The third-order valence-electron chi connectivity index (χ3n) is 3.89. The summed E-state index contributed by atoms with van der Waals surface area (Å²) in [6, 6.07) is 11.7. The van der Waals surface area contributed by atoms with Gasteiger partial charge in [-0.1, -0.05) is 31.2 Å². The highest BCUT2D eigenvalue weighted by atomic mass is 16.7. The predicted octanol–water partition coefficient (Wildman–Crippen LogP) is 3.13. The molecule has 3 N–H and O–H groups in total. The number of hydrogen-bond donors (Lipinski definition) is 2. The maximum atomic E-state index is 12.1. The Morgan fingerprint density at radius 3 is 2.48 bits per heavy atom. The van der Waals surface area contributed by atoms with Crippen molar-refractivity contribution < 1.29 is 14.3 Å². The summed E-state index contributed by atoms with van der Waals surface area (Å²) in [5.74, 6) is 1.14. The van der Waals surface area contributed by atoms with Gasteiger partial charge in [-0.15, -0.1) is 0 Å². The first-order chi connectivity index (χ1) is 11.2. The number of nitrogens with one attached hydrogen (secondary N) is 1. The fraction of sp³-hybridized carbons (Fsp3) is 0.278. The van der Waals surface area contributed by atoms with Crippen LogP contribution in [-0.2, 0) is 17.6 Å². The highest BCUT2D eigenvalue weighted by Crippen LogP contribution is 2.38. The van der Waals surface area contributed by atoms with Gasteiger partial charge in [0.15, 0.2) is 11.5 Å². The minimum Gasteiger partial charge on any atom is -0.454 e. The zero-order chi connectivity index (χ0) is 16.2. The number of carbonyl (C=O) groups is 1. The Balaban J connectivity index is 1.59. The molecule has 1 aliphatic heterocycles. The molecular formula is C18H20N2O3. The van der Waals surface area contributed by atoms with Crippen LogP contribution >= 0.6 is 0 Å². The molecule has 23 heavy (non-hydrogen) atoms. The van der Waals surface area contributed by atoms with Crippen molar-refractivity contribution in [1.29, 1.82) is 0 Å². The average Bonchev–Trinajstić information content (AvgIpc) is 3.01. The third-order valence-corrected chi connectivity index (χ3v) is 3.89. The SMILES string of the molecule is CCc1ccc(CCC(=O)Nc2cc3c(cc2N)OCO3)cc1. The summed E-state index contributed by atoms with van der Waals surface area (Å²) >= 11 is 0. The van der Waals surface area contributed by atoms with Gasteiger partial charge in [0.2, 0.25) is 12.7 Å². The van der Waals surface area contributed by atoms with E-state index in [1.165, 1.54) is 5.56 Å². The van der Waals surface area contributed by atoms with Crippen molar-refractivity contribution in [3.63, 3.8) is 0 Å². The van der Waals surface area contributed by atoms with Crippen molar-refractivity contribution in [2.24, 2.45) is 0 Å². The number of amides is 1. The van der Waals surface area contributed by atoms with Gasteiger partial charge in [0.1, 0.15) is 0 Å². The Bertz CT molecular complexity index is 711. The number of benzene rings is 2. The van der Waals surface area contributed by atoms with E-state index in [-0.39, 0.29) is 12.7 Å². The monoisotopic (exact) mass is 312 g/mol. The number of rotatable bonds is 5. The number of fused-ring (bicyclic) bond motifs is 1. The van der Waals surface area contributed by atoms with E-state index in [0.717, 1.165) is 12.0 Å². The number of hydrogen-bond acceptors (Lipinski definition) is 4. The number of nitrogen functional groups attached to an aromatic ring is 1. The van der Waals surface area contributed by atoms with Crippen molar-refractivity contribution in [2.75, 3.05) is 17.8 Å². The van der Waals surface area contributed by atoms with Crippen LogP contribution in [0.3, 0.4) is 0 Å². The maximum absolute atomic E-state index is 12.1. The molecule has 0 spiro atoms. The number of aryl methyl sites for hydroxylation is 2. The van der Waals surface area contributed by atoms with Crippen LogP contribution in [0, 0.1) is 0 Å². The second-order valence-corrected chi connectivity index (χ2v) is 5.51.